The van der Waals surface area contributed by atoms with Gasteiger partial charge in [0.25, 0.3) is 0 Å². The standard InChI is InChI=1S/C23H28N6O2/c1-14(2)23(30)29-10-8-28(9-11-29)16-6-4-15(5-7-16)22-26-19-13-17(31-3)12-18(24)20(19)21(25)27-22/h4-7,12-14H,8-11,24H2,1-3H3,(H2,25,26,27). The van der Waals surface area contributed by atoms with Gasteiger partial charge in [-0.15, -0.1) is 0 Å². The number of nitrogens with two attached hydrogens (primary N) is 2. The van der Waals surface area contributed by atoms with Crippen LogP contribution >= 0.6 is 0 Å². The second-order valence-corrected chi connectivity index (χ2v) is 8.06. The van der Waals surface area contributed by atoms with Crippen LogP contribution in [0.3, 0.4) is 0 Å². The third-order valence-electron chi connectivity index (χ3n) is 5.64. The summed E-state index contributed by atoms with van der Waals surface area (Å²) >= 11 is 0. The largest absolute Gasteiger partial charge is 0.497 e. The van der Waals surface area contributed by atoms with E-state index >= 15 is 0 Å². The van der Waals surface area contributed by atoms with Crippen molar-refractivity contribution in [3.8, 4) is 17.1 Å². The number of hydrogen-bond donors (Lipinski definition) is 2. The molecule has 162 valence electrons. The lowest BCUT2D eigenvalue weighted by molar-refractivity contribution is -0.134. The van der Waals surface area contributed by atoms with Crippen molar-refractivity contribution >= 4 is 34.0 Å². The summed E-state index contributed by atoms with van der Waals surface area (Å²) in [5.41, 5.74) is 15.4. The molecule has 0 unspecified atom stereocenters. The Kier molecular flexibility index (Phi) is 5.54. The van der Waals surface area contributed by atoms with Crippen LogP contribution < -0.4 is 21.1 Å². The topological polar surface area (TPSA) is 111 Å². The Balaban J connectivity index is 1.55. The van der Waals surface area contributed by atoms with Crippen LogP contribution in [0.4, 0.5) is 17.2 Å². The monoisotopic (exact) mass is 420 g/mol. The summed E-state index contributed by atoms with van der Waals surface area (Å²) < 4.78 is 5.30. The fourth-order valence-electron chi connectivity index (χ4n) is 3.92. The molecule has 0 saturated carbocycles. The van der Waals surface area contributed by atoms with E-state index < -0.39 is 0 Å². The molecule has 3 aromatic rings. The number of hydrogen-bond acceptors (Lipinski definition) is 7. The molecule has 2 heterocycles. The Bertz CT molecular complexity index is 1110. The lowest BCUT2D eigenvalue weighted by atomic mass is 10.1. The second kappa shape index (κ2) is 8.29. The van der Waals surface area contributed by atoms with Gasteiger partial charge in [-0.1, -0.05) is 13.8 Å². The number of ether oxygens (including phenoxy) is 1. The fourth-order valence-corrected chi connectivity index (χ4v) is 3.92. The van der Waals surface area contributed by atoms with Crippen molar-refractivity contribution in [2.45, 2.75) is 13.8 Å². The van der Waals surface area contributed by atoms with Crippen LogP contribution in [0.1, 0.15) is 13.8 Å². The molecule has 2 aromatic carbocycles. The van der Waals surface area contributed by atoms with Crippen LogP contribution in [-0.2, 0) is 4.79 Å². The van der Waals surface area contributed by atoms with E-state index in [1.807, 2.05) is 30.9 Å². The minimum absolute atomic E-state index is 0.0375. The molecule has 4 rings (SSSR count). The SMILES string of the molecule is COc1cc(N)c2c(N)nc(-c3ccc(N4CCN(C(=O)C(C)C)CC4)cc3)nc2c1. The highest BCUT2D eigenvalue weighted by molar-refractivity contribution is 5.99. The molecule has 31 heavy (non-hydrogen) atoms. The molecule has 1 amide bonds. The van der Waals surface area contributed by atoms with Crippen LogP contribution in [0, 0.1) is 5.92 Å². The molecule has 0 atom stereocenters. The Hall–Kier alpha value is -3.55. The molecule has 1 aliphatic rings. The average Bonchev–Trinajstić information content (AvgIpc) is 2.78. The summed E-state index contributed by atoms with van der Waals surface area (Å²) in [7, 11) is 1.59. The van der Waals surface area contributed by atoms with Gasteiger partial charge in [-0.25, -0.2) is 9.97 Å². The molecule has 1 saturated heterocycles. The summed E-state index contributed by atoms with van der Waals surface area (Å²) in [6.07, 6.45) is 0. The second-order valence-electron chi connectivity index (χ2n) is 8.06. The number of nitrogens with zero attached hydrogens (tertiary/aromatic N) is 4. The lowest BCUT2D eigenvalue weighted by Crippen LogP contribution is -2.49. The lowest BCUT2D eigenvalue weighted by Gasteiger charge is -2.37. The molecule has 0 bridgehead atoms. The summed E-state index contributed by atoms with van der Waals surface area (Å²) in [5.74, 6) is 1.76. The van der Waals surface area contributed by atoms with Gasteiger partial charge in [0.15, 0.2) is 5.82 Å². The number of anilines is 3. The maximum atomic E-state index is 12.2. The van der Waals surface area contributed by atoms with Gasteiger partial charge < -0.3 is 26.0 Å². The van der Waals surface area contributed by atoms with Crippen molar-refractivity contribution in [3.05, 3.63) is 36.4 Å². The highest BCUT2D eigenvalue weighted by Crippen LogP contribution is 2.32. The minimum atomic E-state index is 0.0375. The van der Waals surface area contributed by atoms with E-state index in [2.05, 4.69) is 27.0 Å². The van der Waals surface area contributed by atoms with Gasteiger partial charge in [-0.2, -0.15) is 0 Å². The third kappa shape index (κ3) is 4.05. The van der Waals surface area contributed by atoms with Crippen LogP contribution in [0.25, 0.3) is 22.3 Å². The molecule has 4 N–H and O–H groups in total. The van der Waals surface area contributed by atoms with Crippen LogP contribution in [0.15, 0.2) is 36.4 Å². The summed E-state index contributed by atoms with van der Waals surface area (Å²) in [6.45, 7) is 7.00. The van der Waals surface area contributed by atoms with E-state index in [0.29, 0.717) is 34.0 Å². The third-order valence-corrected chi connectivity index (χ3v) is 5.64. The molecule has 0 aliphatic carbocycles. The number of rotatable bonds is 4. The van der Waals surface area contributed by atoms with Gasteiger partial charge in [-0.05, 0) is 24.3 Å². The number of carbonyl (C=O) groups is 1. The van der Waals surface area contributed by atoms with E-state index in [1.165, 1.54) is 0 Å². The predicted octanol–water partition coefficient (Wildman–Crippen LogP) is 2.77. The van der Waals surface area contributed by atoms with Crippen molar-refractivity contribution in [1.82, 2.24) is 14.9 Å². The van der Waals surface area contributed by atoms with Crippen LogP contribution in [-0.4, -0.2) is 54.1 Å². The van der Waals surface area contributed by atoms with Crippen LogP contribution in [0.2, 0.25) is 0 Å². The molecule has 1 aromatic heterocycles. The first kappa shape index (κ1) is 20.7. The summed E-state index contributed by atoms with van der Waals surface area (Å²) in [4.78, 5) is 25.5. The number of aromatic nitrogens is 2. The number of carbonyl (C=O) groups excluding carboxylic acids is 1. The van der Waals surface area contributed by atoms with Crippen molar-refractivity contribution in [1.29, 1.82) is 0 Å². The molecule has 8 nitrogen and oxygen atoms in total. The highest BCUT2D eigenvalue weighted by atomic mass is 16.5. The van der Waals surface area contributed by atoms with Crippen molar-refractivity contribution in [2.24, 2.45) is 5.92 Å². The van der Waals surface area contributed by atoms with Gasteiger partial charge in [-0.3, -0.25) is 4.79 Å². The van der Waals surface area contributed by atoms with Gasteiger partial charge in [0.05, 0.1) is 18.0 Å². The van der Waals surface area contributed by atoms with Gasteiger partial charge >= 0.3 is 0 Å². The normalized spacial score (nSPS) is 14.3. The predicted molar refractivity (Wildman–Crippen MR) is 124 cm³/mol. The fraction of sp³-hybridized carbons (Fsp3) is 0.348. The smallest absolute Gasteiger partial charge is 0.225 e. The van der Waals surface area contributed by atoms with Crippen LogP contribution in [0.5, 0.6) is 5.75 Å². The number of piperazine rings is 1. The first-order valence-corrected chi connectivity index (χ1v) is 10.4. The number of amides is 1. The van der Waals surface area contributed by atoms with Crippen molar-refractivity contribution in [2.75, 3.05) is 49.7 Å². The Morgan fingerprint density at radius 3 is 2.32 bits per heavy atom. The molecule has 1 fully saturated rings. The van der Waals surface area contributed by atoms with E-state index in [-0.39, 0.29) is 11.8 Å². The zero-order valence-corrected chi connectivity index (χ0v) is 18.1. The van der Waals surface area contributed by atoms with E-state index in [4.69, 9.17) is 16.2 Å². The first-order chi connectivity index (χ1) is 14.9. The number of benzene rings is 2. The first-order valence-electron chi connectivity index (χ1n) is 10.4. The van der Waals surface area contributed by atoms with Gasteiger partial charge in [0.1, 0.15) is 11.6 Å². The average molecular weight is 421 g/mol. The number of fused-ring (bicyclic) bond motifs is 1. The molecular weight excluding hydrogens is 392 g/mol. The minimum Gasteiger partial charge on any atom is -0.497 e. The molecular formula is C23H28N6O2. The zero-order chi connectivity index (χ0) is 22.1. The van der Waals surface area contributed by atoms with Crippen molar-refractivity contribution in [3.63, 3.8) is 0 Å². The Morgan fingerprint density at radius 1 is 1.03 bits per heavy atom. The van der Waals surface area contributed by atoms with E-state index in [0.717, 1.165) is 37.4 Å². The summed E-state index contributed by atoms with van der Waals surface area (Å²) in [6, 6.07) is 11.6. The number of nitrogen functional groups attached to an aromatic ring is 2. The molecule has 0 radical (unpaired) electrons. The van der Waals surface area contributed by atoms with E-state index in [9.17, 15) is 4.79 Å². The van der Waals surface area contributed by atoms with Gasteiger partial charge in [0, 0.05) is 61.2 Å². The number of methoxy groups -OCH3 is 1. The van der Waals surface area contributed by atoms with Gasteiger partial charge in [0.2, 0.25) is 5.91 Å². The molecule has 1 aliphatic heterocycles. The zero-order valence-electron chi connectivity index (χ0n) is 18.1. The quantitative estimate of drug-likeness (QED) is 0.624. The highest BCUT2D eigenvalue weighted by Gasteiger charge is 2.23. The molecule has 0 spiro atoms. The maximum absolute atomic E-state index is 12.2. The molecule has 8 heteroatoms. The van der Waals surface area contributed by atoms with E-state index in [1.54, 1.807) is 19.2 Å². The Labute approximate surface area is 181 Å². The van der Waals surface area contributed by atoms with Crippen molar-refractivity contribution < 1.29 is 9.53 Å². The Morgan fingerprint density at radius 2 is 1.71 bits per heavy atom. The maximum Gasteiger partial charge on any atom is 0.225 e. The summed E-state index contributed by atoms with van der Waals surface area (Å²) in [5, 5.41) is 0.634.